The van der Waals surface area contributed by atoms with Crippen LogP contribution >= 0.6 is 0 Å². The van der Waals surface area contributed by atoms with Crippen LogP contribution in [0.15, 0.2) is 60.0 Å². The quantitative estimate of drug-likeness (QED) is 0.762. The molecule has 2 aromatic carbocycles. The summed E-state index contributed by atoms with van der Waals surface area (Å²) in [6.45, 7) is 3.70. The number of sulfone groups is 1. The summed E-state index contributed by atoms with van der Waals surface area (Å²) in [5, 5.41) is 1.78. The van der Waals surface area contributed by atoms with Crippen LogP contribution in [0.2, 0.25) is 0 Å². The number of benzene rings is 2. The van der Waals surface area contributed by atoms with E-state index in [1.54, 1.807) is 18.2 Å². The van der Waals surface area contributed by atoms with Gasteiger partial charge in [-0.3, -0.25) is 0 Å². The van der Waals surface area contributed by atoms with Crippen molar-refractivity contribution in [2.75, 3.05) is 18.1 Å². The van der Waals surface area contributed by atoms with Gasteiger partial charge in [0, 0.05) is 12.6 Å². The van der Waals surface area contributed by atoms with Gasteiger partial charge in [-0.2, -0.15) is 4.31 Å². The molecule has 0 aliphatic carbocycles. The van der Waals surface area contributed by atoms with E-state index in [4.69, 9.17) is 0 Å². The molecule has 0 bridgehead atoms. The van der Waals surface area contributed by atoms with Crippen LogP contribution in [0.4, 0.5) is 0 Å². The molecular formula is C17H19NO4S2. The zero-order chi connectivity index (χ0) is 17.4. The Morgan fingerprint density at radius 3 is 2.50 bits per heavy atom. The van der Waals surface area contributed by atoms with Gasteiger partial charge in [0.05, 0.1) is 16.4 Å². The van der Waals surface area contributed by atoms with E-state index in [1.165, 1.54) is 10.4 Å². The summed E-state index contributed by atoms with van der Waals surface area (Å²) in [5.41, 5.74) is 0. The normalized spacial score (nSPS) is 20.5. The SMILES string of the molecule is C=CCN([C@@H]1CCS(=O)(=O)C1)S(=O)(=O)c1ccc2ccccc2c1. The smallest absolute Gasteiger partial charge is 0.229 e. The Bertz CT molecular complexity index is 981. The minimum absolute atomic E-state index is 0.0263. The Balaban J connectivity index is 2.02. The predicted molar refractivity (Wildman–Crippen MR) is 95.1 cm³/mol. The molecule has 1 heterocycles. The van der Waals surface area contributed by atoms with Gasteiger partial charge in [-0.25, -0.2) is 16.8 Å². The van der Waals surface area contributed by atoms with E-state index in [-0.39, 0.29) is 22.9 Å². The summed E-state index contributed by atoms with van der Waals surface area (Å²) in [4.78, 5) is 0.173. The van der Waals surface area contributed by atoms with Crippen LogP contribution in [0.3, 0.4) is 0 Å². The number of nitrogens with zero attached hydrogens (tertiary/aromatic N) is 1. The van der Waals surface area contributed by atoms with Crippen LogP contribution in [-0.4, -0.2) is 45.2 Å². The molecule has 1 fully saturated rings. The molecule has 2 aromatic rings. The average molecular weight is 365 g/mol. The van der Waals surface area contributed by atoms with Gasteiger partial charge >= 0.3 is 0 Å². The summed E-state index contributed by atoms with van der Waals surface area (Å²) in [5.74, 6) is -0.105. The fraction of sp³-hybridized carbons (Fsp3) is 0.294. The van der Waals surface area contributed by atoms with E-state index in [0.717, 1.165) is 10.8 Å². The van der Waals surface area contributed by atoms with Gasteiger partial charge in [0.1, 0.15) is 0 Å². The number of hydrogen-bond donors (Lipinski definition) is 0. The highest BCUT2D eigenvalue weighted by atomic mass is 32.2. The Hall–Kier alpha value is -1.70. The highest BCUT2D eigenvalue weighted by Gasteiger charge is 2.38. The van der Waals surface area contributed by atoms with E-state index in [9.17, 15) is 16.8 Å². The molecule has 3 rings (SSSR count). The second kappa shape index (κ2) is 6.31. The highest BCUT2D eigenvalue weighted by Crippen LogP contribution is 2.27. The molecule has 1 atom stereocenters. The molecule has 0 amide bonds. The zero-order valence-electron chi connectivity index (χ0n) is 13.1. The van der Waals surface area contributed by atoms with E-state index < -0.39 is 25.9 Å². The van der Waals surface area contributed by atoms with Crippen LogP contribution in [0.5, 0.6) is 0 Å². The van der Waals surface area contributed by atoms with Crippen molar-refractivity contribution in [3.05, 3.63) is 55.1 Å². The summed E-state index contributed by atoms with van der Waals surface area (Å²) >= 11 is 0. The van der Waals surface area contributed by atoms with Gasteiger partial charge in [0.2, 0.25) is 10.0 Å². The maximum Gasteiger partial charge on any atom is 0.243 e. The largest absolute Gasteiger partial charge is 0.243 e. The van der Waals surface area contributed by atoms with E-state index in [0.29, 0.717) is 6.42 Å². The molecular weight excluding hydrogens is 346 g/mol. The van der Waals surface area contributed by atoms with Crippen molar-refractivity contribution in [3.8, 4) is 0 Å². The monoisotopic (exact) mass is 365 g/mol. The van der Waals surface area contributed by atoms with Gasteiger partial charge in [-0.05, 0) is 29.3 Å². The molecule has 7 heteroatoms. The van der Waals surface area contributed by atoms with Gasteiger partial charge < -0.3 is 0 Å². The summed E-state index contributed by atoms with van der Waals surface area (Å²) < 4.78 is 50.8. The van der Waals surface area contributed by atoms with E-state index >= 15 is 0 Å². The number of fused-ring (bicyclic) bond motifs is 1. The summed E-state index contributed by atoms with van der Waals surface area (Å²) in [7, 11) is -6.97. The van der Waals surface area contributed by atoms with Gasteiger partial charge in [0.25, 0.3) is 0 Å². The summed E-state index contributed by atoms with van der Waals surface area (Å²) in [6.07, 6.45) is 1.81. The van der Waals surface area contributed by atoms with Crippen molar-refractivity contribution >= 4 is 30.6 Å². The molecule has 0 saturated carbocycles. The first-order chi connectivity index (χ1) is 11.3. The van der Waals surface area contributed by atoms with Crippen molar-refractivity contribution in [2.45, 2.75) is 17.4 Å². The van der Waals surface area contributed by atoms with Crippen LogP contribution in [0, 0.1) is 0 Å². The molecule has 0 spiro atoms. The Morgan fingerprint density at radius 2 is 1.88 bits per heavy atom. The number of sulfonamides is 1. The van der Waals surface area contributed by atoms with Crippen LogP contribution in [0.1, 0.15) is 6.42 Å². The molecule has 0 N–H and O–H groups in total. The van der Waals surface area contributed by atoms with E-state index in [2.05, 4.69) is 6.58 Å². The minimum atomic E-state index is -3.79. The van der Waals surface area contributed by atoms with Gasteiger partial charge in [-0.15, -0.1) is 6.58 Å². The first-order valence-electron chi connectivity index (χ1n) is 7.65. The molecule has 5 nitrogen and oxygen atoms in total. The molecule has 1 aliphatic heterocycles. The van der Waals surface area contributed by atoms with Gasteiger partial charge in [-0.1, -0.05) is 36.4 Å². The second-order valence-electron chi connectivity index (χ2n) is 5.93. The Labute approximate surface area is 142 Å². The number of rotatable bonds is 5. The lowest BCUT2D eigenvalue weighted by Crippen LogP contribution is -2.41. The van der Waals surface area contributed by atoms with Crippen LogP contribution in [0.25, 0.3) is 10.8 Å². The fourth-order valence-corrected chi connectivity index (χ4v) is 6.52. The molecule has 1 aliphatic rings. The zero-order valence-corrected chi connectivity index (χ0v) is 14.8. The predicted octanol–water partition coefficient (Wildman–Crippen LogP) is 2.20. The Kier molecular flexibility index (Phi) is 4.50. The maximum atomic E-state index is 13.0. The molecule has 128 valence electrons. The molecule has 1 saturated heterocycles. The van der Waals surface area contributed by atoms with Crippen LogP contribution < -0.4 is 0 Å². The lowest BCUT2D eigenvalue weighted by molar-refractivity contribution is 0.367. The third kappa shape index (κ3) is 3.24. The topological polar surface area (TPSA) is 71.5 Å². The lowest BCUT2D eigenvalue weighted by atomic mass is 10.1. The Morgan fingerprint density at radius 1 is 1.17 bits per heavy atom. The fourth-order valence-electron chi connectivity index (χ4n) is 3.04. The number of hydrogen-bond acceptors (Lipinski definition) is 4. The van der Waals surface area contributed by atoms with Crippen molar-refractivity contribution in [2.24, 2.45) is 0 Å². The molecule has 0 unspecified atom stereocenters. The average Bonchev–Trinajstić information content (AvgIpc) is 2.91. The van der Waals surface area contributed by atoms with Crippen molar-refractivity contribution in [1.29, 1.82) is 0 Å². The summed E-state index contributed by atoms with van der Waals surface area (Å²) in [6, 6.07) is 11.9. The first-order valence-corrected chi connectivity index (χ1v) is 10.9. The lowest BCUT2D eigenvalue weighted by Gasteiger charge is -2.26. The molecule has 0 radical (unpaired) electrons. The van der Waals surface area contributed by atoms with Crippen molar-refractivity contribution in [3.63, 3.8) is 0 Å². The van der Waals surface area contributed by atoms with Crippen LogP contribution in [-0.2, 0) is 19.9 Å². The molecule has 0 aromatic heterocycles. The highest BCUT2D eigenvalue weighted by molar-refractivity contribution is 7.92. The van der Waals surface area contributed by atoms with Crippen molar-refractivity contribution in [1.82, 2.24) is 4.31 Å². The third-order valence-corrected chi connectivity index (χ3v) is 7.92. The maximum absolute atomic E-state index is 13.0. The third-order valence-electron chi connectivity index (χ3n) is 4.25. The van der Waals surface area contributed by atoms with Crippen molar-refractivity contribution < 1.29 is 16.8 Å². The first kappa shape index (κ1) is 17.1. The molecule has 24 heavy (non-hydrogen) atoms. The second-order valence-corrected chi connectivity index (χ2v) is 10.0. The standard InChI is InChI=1S/C17H19NO4S2/c1-2-10-18(16-9-11-23(19,20)13-16)24(21,22)17-8-7-14-5-3-4-6-15(14)12-17/h2-8,12,16H,1,9-11,13H2/t16-/m1/s1. The minimum Gasteiger partial charge on any atom is -0.229 e. The van der Waals surface area contributed by atoms with E-state index in [1.807, 2.05) is 24.3 Å². The van der Waals surface area contributed by atoms with Gasteiger partial charge in [0.15, 0.2) is 9.84 Å².